The molecule has 130 valence electrons. The van der Waals surface area contributed by atoms with Crippen LogP contribution in [0.1, 0.15) is 18.7 Å². The number of rotatable bonds is 4. The number of ether oxygens (including phenoxy) is 1. The Bertz CT molecular complexity index is 1120. The molecule has 4 heterocycles. The first-order chi connectivity index (χ1) is 12.6. The second-order valence-corrected chi connectivity index (χ2v) is 5.75. The number of aromatic nitrogens is 5. The van der Waals surface area contributed by atoms with Crippen LogP contribution in [0.25, 0.3) is 16.7 Å². The monoisotopic (exact) mass is 348 g/mol. The Hall–Kier alpha value is -3.68. The molecule has 4 aromatic heterocycles. The van der Waals surface area contributed by atoms with Crippen molar-refractivity contribution in [2.45, 2.75) is 13.0 Å². The second-order valence-electron chi connectivity index (χ2n) is 5.75. The summed E-state index contributed by atoms with van der Waals surface area (Å²) in [4.78, 5) is 23.2. The van der Waals surface area contributed by atoms with Gasteiger partial charge in [0, 0.05) is 30.7 Å². The van der Waals surface area contributed by atoms with Gasteiger partial charge in [-0.05, 0) is 31.2 Å². The highest BCUT2D eigenvalue weighted by Crippen LogP contribution is 2.29. The molecule has 0 aromatic carbocycles. The van der Waals surface area contributed by atoms with Crippen molar-refractivity contribution in [3.05, 3.63) is 71.0 Å². The maximum Gasteiger partial charge on any atom is 0.248 e. The molecule has 0 aliphatic rings. The number of hydrogen-bond acceptors (Lipinski definition) is 6. The minimum absolute atomic E-state index is 0.224. The maximum atomic E-state index is 11.8. The van der Waals surface area contributed by atoms with Crippen LogP contribution in [0.2, 0.25) is 0 Å². The first kappa shape index (κ1) is 15.8. The van der Waals surface area contributed by atoms with Gasteiger partial charge in [-0.2, -0.15) is 5.10 Å². The number of anilines is 1. The summed E-state index contributed by atoms with van der Waals surface area (Å²) in [5, 5.41) is 4.22. The summed E-state index contributed by atoms with van der Waals surface area (Å²) in [5.41, 5.74) is 8.47. The summed E-state index contributed by atoms with van der Waals surface area (Å²) < 4.78 is 7.66. The molecule has 3 N–H and O–H groups in total. The minimum atomic E-state index is -0.492. The van der Waals surface area contributed by atoms with E-state index in [1.54, 1.807) is 47.5 Å². The topological polar surface area (TPSA) is 112 Å². The van der Waals surface area contributed by atoms with Crippen molar-refractivity contribution in [2.24, 2.45) is 0 Å². The zero-order valence-electron chi connectivity index (χ0n) is 14.0. The van der Waals surface area contributed by atoms with Crippen LogP contribution in [0.4, 0.5) is 5.82 Å². The predicted octanol–water partition coefficient (Wildman–Crippen LogP) is 2.23. The number of nitrogens with one attached hydrogen (secondary N) is 1. The summed E-state index contributed by atoms with van der Waals surface area (Å²) in [6, 6.07) is 10.3. The third-order valence-corrected chi connectivity index (χ3v) is 3.97. The average Bonchev–Trinajstić information content (AvgIpc) is 3.16. The number of nitrogen functional groups attached to an aromatic ring is 1. The van der Waals surface area contributed by atoms with E-state index in [2.05, 4.69) is 20.1 Å². The fourth-order valence-electron chi connectivity index (χ4n) is 2.75. The molecule has 0 aliphatic heterocycles. The molecule has 0 amide bonds. The summed E-state index contributed by atoms with van der Waals surface area (Å²) in [7, 11) is 0. The van der Waals surface area contributed by atoms with Crippen LogP contribution in [0.5, 0.6) is 5.75 Å². The lowest BCUT2D eigenvalue weighted by Crippen LogP contribution is -2.17. The Morgan fingerprint density at radius 3 is 2.88 bits per heavy atom. The number of pyridine rings is 3. The number of hydrogen-bond donors (Lipinski definition) is 2. The fraction of sp³-hybridized carbons (Fsp3) is 0.111. The van der Waals surface area contributed by atoms with E-state index in [1.165, 1.54) is 6.07 Å². The SMILES string of the molecule is CC(Oc1cc2ncccc2nc1N)c1[nH]c(=O)ccc1-n1cccn1. The average molecular weight is 348 g/mol. The van der Waals surface area contributed by atoms with Crippen molar-refractivity contribution in [1.29, 1.82) is 0 Å². The second kappa shape index (κ2) is 6.32. The highest BCUT2D eigenvalue weighted by atomic mass is 16.5. The molecule has 26 heavy (non-hydrogen) atoms. The molecule has 4 rings (SSSR count). The third-order valence-electron chi connectivity index (χ3n) is 3.97. The number of nitrogens with zero attached hydrogens (tertiary/aromatic N) is 4. The van der Waals surface area contributed by atoms with E-state index in [0.717, 1.165) is 0 Å². The summed E-state index contributed by atoms with van der Waals surface area (Å²) >= 11 is 0. The largest absolute Gasteiger partial charge is 0.480 e. The lowest BCUT2D eigenvalue weighted by Gasteiger charge is -2.18. The molecule has 0 spiro atoms. The van der Waals surface area contributed by atoms with Crippen LogP contribution in [0.15, 0.2) is 59.8 Å². The molecule has 8 heteroatoms. The van der Waals surface area contributed by atoms with Crippen molar-refractivity contribution >= 4 is 16.9 Å². The smallest absolute Gasteiger partial charge is 0.248 e. The third kappa shape index (κ3) is 2.88. The van der Waals surface area contributed by atoms with E-state index in [4.69, 9.17) is 10.5 Å². The van der Waals surface area contributed by atoms with Gasteiger partial charge in [-0.3, -0.25) is 9.78 Å². The fourth-order valence-corrected chi connectivity index (χ4v) is 2.75. The Labute approximate surface area is 148 Å². The van der Waals surface area contributed by atoms with E-state index >= 15 is 0 Å². The van der Waals surface area contributed by atoms with Gasteiger partial charge < -0.3 is 15.5 Å². The van der Waals surface area contributed by atoms with Gasteiger partial charge in [0.2, 0.25) is 5.56 Å². The molecular weight excluding hydrogens is 332 g/mol. The lowest BCUT2D eigenvalue weighted by molar-refractivity contribution is 0.222. The van der Waals surface area contributed by atoms with Crippen LogP contribution in [0.3, 0.4) is 0 Å². The van der Waals surface area contributed by atoms with Gasteiger partial charge in [-0.15, -0.1) is 0 Å². The van der Waals surface area contributed by atoms with Gasteiger partial charge in [0.05, 0.1) is 22.4 Å². The predicted molar refractivity (Wildman–Crippen MR) is 97.2 cm³/mol. The van der Waals surface area contributed by atoms with Gasteiger partial charge in [0.15, 0.2) is 11.6 Å². The molecule has 0 radical (unpaired) electrons. The first-order valence-electron chi connectivity index (χ1n) is 8.03. The van der Waals surface area contributed by atoms with E-state index in [-0.39, 0.29) is 11.4 Å². The molecule has 8 nitrogen and oxygen atoms in total. The van der Waals surface area contributed by atoms with E-state index < -0.39 is 6.10 Å². The van der Waals surface area contributed by atoms with Crippen molar-refractivity contribution in [1.82, 2.24) is 24.7 Å². The molecule has 1 unspecified atom stereocenters. The number of fused-ring (bicyclic) bond motifs is 1. The lowest BCUT2D eigenvalue weighted by atomic mass is 10.2. The van der Waals surface area contributed by atoms with Crippen molar-refractivity contribution in [3.8, 4) is 11.4 Å². The Morgan fingerprint density at radius 2 is 2.08 bits per heavy atom. The Balaban J connectivity index is 1.73. The van der Waals surface area contributed by atoms with Gasteiger partial charge in [-0.1, -0.05) is 0 Å². The van der Waals surface area contributed by atoms with E-state index in [1.807, 2.05) is 13.0 Å². The van der Waals surface area contributed by atoms with Crippen LogP contribution in [0, 0.1) is 0 Å². The molecule has 4 aromatic rings. The van der Waals surface area contributed by atoms with Crippen LogP contribution in [-0.4, -0.2) is 24.7 Å². The molecule has 1 atom stereocenters. The van der Waals surface area contributed by atoms with E-state index in [9.17, 15) is 4.79 Å². The number of H-pyrrole nitrogens is 1. The van der Waals surface area contributed by atoms with Crippen LogP contribution < -0.4 is 16.0 Å². The summed E-state index contributed by atoms with van der Waals surface area (Å²) in [6.45, 7) is 1.82. The Kier molecular flexibility index (Phi) is 3.85. The number of aromatic amines is 1. The van der Waals surface area contributed by atoms with Gasteiger partial charge in [0.25, 0.3) is 0 Å². The van der Waals surface area contributed by atoms with Crippen molar-refractivity contribution in [3.63, 3.8) is 0 Å². The van der Waals surface area contributed by atoms with Gasteiger partial charge >= 0.3 is 0 Å². The maximum absolute atomic E-state index is 11.8. The zero-order valence-corrected chi connectivity index (χ0v) is 14.0. The quantitative estimate of drug-likeness (QED) is 0.585. The van der Waals surface area contributed by atoms with Crippen molar-refractivity contribution < 1.29 is 4.74 Å². The van der Waals surface area contributed by atoms with Gasteiger partial charge in [-0.25, -0.2) is 9.67 Å². The van der Waals surface area contributed by atoms with Gasteiger partial charge in [0.1, 0.15) is 6.10 Å². The standard InChI is InChI=1S/C18H16N6O2/c1-11(17-14(5-6-16(25)23-17)24-9-3-8-21-24)26-15-10-13-12(22-18(15)19)4-2-7-20-13/h2-11H,1H3,(H2,19,22)(H,23,25). The normalized spacial score (nSPS) is 12.2. The molecule has 0 saturated carbocycles. The first-order valence-corrected chi connectivity index (χ1v) is 8.03. The zero-order chi connectivity index (χ0) is 18.1. The molecule has 0 saturated heterocycles. The molecular formula is C18H16N6O2. The van der Waals surface area contributed by atoms with E-state index in [0.29, 0.717) is 28.2 Å². The molecule has 0 aliphatic carbocycles. The summed E-state index contributed by atoms with van der Waals surface area (Å²) in [6.07, 6.45) is 4.64. The minimum Gasteiger partial charge on any atom is -0.480 e. The van der Waals surface area contributed by atoms with Crippen molar-refractivity contribution in [2.75, 3.05) is 5.73 Å². The summed E-state index contributed by atoms with van der Waals surface area (Å²) in [5.74, 6) is 0.663. The highest BCUT2D eigenvalue weighted by Gasteiger charge is 2.17. The Morgan fingerprint density at radius 1 is 1.19 bits per heavy atom. The van der Waals surface area contributed by atoms with Crippen LogP contribution >= 0.6 is 0 Å². The number of nitrogens with two attached hydrogens (primary N) is 1. The highest BCUT2D eigenvalue weighted by molar-refractivity contribution is 5.78. The molecule has 0 bridgehead atoms. The van der Waals surface area contributed by atoms with Crippen LogP contribution in [-0.2, 0) is 0 Å². The molecule has 0 fully saturated rings.